The quantitative estimate of drug-likeness (QED) is 0.253. The maximum absolute atomic E-state index is 6.12. The maximum atomic E-state index is 6.12. The molecular formula is C36H22N2O. The smallest absolute Gasteiger partial charge is 0.135 e. The molecule has 0 radical (unpaired) electrons. The minimum Gasteiger partial charge on any atom is -0.456 e. The first kappa shape index (κ1) is 20.7. The second kappa shape index (κ2) is 7.62. The number of hydrogen-bond acceptors (Lipinski definition) is 1. The Morgan fingerprint density at radius 1 is 0.436 bits per heavy atom. The molecule has 3 aromatic heterocycles. The third-order valence-corrected chi connectivity index (χ3v) is 8.13. The number of aromatic amines is 1. The molecule has 0 unspecified atom stereocenters. The lowest BCUT2D eigenvalue weighted by Crippen LogP contribution is -1.93. The first-order valence-electron chi connectivity index (χ1n) is 13.3. The number of nitrogens with one attached hydrogen (secondary N) is 1. The molecule has 0 aliphatic carbocycles. The Kier molecular flexibility index (Phi) is 4.05. The van der Waals surface area contributed by atoms with Crippen LogP contribution in [0.5, 0.6) is 0 Å². The van der Waals surface area contributed by atoms with Crippen LogP contribution in [0, 0.1) is 0 Å². The maximum Gasteiger partial charge on any atom is 0.135 e. The number of aromatic nitrogens is 2. The SMILES string of the molecule is c1ccc2c(c1)[nH]c1cc(-c3ccc4c5ccccc5n(-c5ccc6oc7ccccc7c6c5)c4c3)ccc12. The second-order valence-electron chi connectivity index (χ2n) is 10.3. The van der Waals surface area contributed by atoms with E-state index < -0.39 is 0 Å². The van der Waals surface area contributed by atoms with Crippen LogP contribution in [0.4, 0.5) is 0 Å². The van der Waals surface area contributed by atoms with Gasteiger partial charge in [0, 0.05) is 49.0 Å². The molecule has 0 bridgehead atoms. The lowest BCUT2D eigenvalue weighted by atomic mass is 10.0. The number of benzene rings is 6. The van der Waals surface area contributed by atoms with Crippen LogP contribution >= 0.6 is 0 Å². The van der Waals surface area contributed by atoms with Crippen molar-refractivity contribution in [3.8, 4) is 16.8 Å². The number of furan rings is 1. The van der Waals surface area contributed by atoms with Gasteiger partial charge in [-0.05, 0) is 59.7 Å². The lowest BCUT2D eigenvalue weighted by Gasteiger charge is -2.09. The van der Waals surface area contributed by atoms with Gasteiger partial charge in [-0.3, -0.25) is 0 Å². The van der Waals surface area contributed by atoms with Crippen molar-refractivity contribution in [1.29, 1.82) is 0 Å². The Balaban J connectivity index is 1.30. The van der Waals surface area contributed by atoms with Gasteiger partial charge in [-0.2, -0.15) is 0 Å². The number of H-pyrrole nitrogens is 1. The van der Waals surface area contributed by atoms with Crippen molar-refractivity contribution in [2.75, 3.05) is 0 Å². The van der Waals surface area contributed by atoms with Gasteiger partial charge in [-0.1, -0.05) is 78.9 Å². The molecule has 0 saturated carbocycles. The van der Waals surface area contributed by atoms with Crippen molar-refractivity contribution in [2.24, 2.45) is 0 Å². The number of para-hydroxylation sites is 3. The molecular weight excluding hydrogens is 476 g/mol. The van der Waals surface area contributed by atoms with Crippen LogP contribution in [0.25, 0.3) is 82.4 Å². The van der Waals surface area contributed by atoms with Gasteiger partial charge < -0.3 is 14.0 Å². The highest BCUT2D eigenvalue weighted by molar-refractivity contribution is 6.12. The van der Waals surface area contributed by atoms with Crippen LogP contribution in [0.1, 0.15) is 0 Å². The number of hydrogen-bond donors (Lipinski definition) is 1. The molecule has 0 aliphatic heterocycles. The summed E-state index contributed by atoms with van der Waals surface area (Å²) in [6.45, 7) is 0. The monoisotopic (exact) mass is 498 g/mol. The fourth-order valence-corrected chi connectivity index (χ4v) is 6.32. The second-order valence-corrected chi connectivity index (χ2v) is 10.3. The Morgan fingerprint density at radius 3 is 2.03 bits per heavy atom. The third-order valence-electron chi connectivity index (χ3n) is 8.13. The van der Waals surface area contributed by atoms with E-state index in [9.17, 15) is 0 Å². The molecule has 0 atom stereocenters. The van der Waals surface area contributed by atoms with Gasteiger partial charge in [0.05, 0.1) is 11.0 Å². The first-order chi connectivity index (χ1) is 19.3. The number of rotatable bonds is 2. The fraction of sp³-hybridized carbons (Fsp3) is 0. The van der Waals surface area contributed by atoms with Gasteiger partial charge in [0.1, 0.15) is 11.2 Å². The zero-order chi connectivity index (χ0) is 25.5. The predicted octanol–water partition coefficient (Wildman–Crippen LogP) is 9.98. The van der Waals surface area contributed by atoms with Gasteiger partial charge in [-0.25, -0.2) is 0 Å². The van der Waals surface area contributed by atoms with Crippen molar-refractivity contribution >= 4 is 65.6 Å². The molecule has 3 heteroatoms. The highest BCUT2D eigenvalue weighted by Crippen LogP contribution is 2.38. The van der Waals surface area contributed by atoms with E-state index in [1.807, 2.05) is 12.1 Å². The predicted molar refractivity (Wildman–Crippen MR) is 163 cm³/mol. The molecule has 0 aliphatic rings. The van der Waals surface area contributed by atoms with Gasteiger partial charge in [0.15, 0.2) is 0 Å². The van der Waals surface area contributed by atoms with Gasteiger partial charge in [-0.15, -0.1) is 0 Å². The van der Waals surface area contributed by atoms with Crippen molar-refractivity contribution in [1.82, 2.24) is 9.55 Å². The van der Waals surface area contributed by atoms with Crippen LogP contribution in [0.3, 0.4) is 0 Å². The highest BCUT2D eigenvalue weighted by atomic mass is 16.3. The van der Waals surface area contributed by atoms with Crippen LogP contribution < -0.4 is 0 Å². The van der Waals surface area contributed by atoms with Crippen LogP contribution in [-0.2, 0) is 0 Å². The summed E-state index contributed by atoms with van der Waals surface area (Å²) < 4.78 is 8.51. The first-order valence-corrected chi connectivity index (χ1v) is 13.3. The van der Waals surface area contributed by atoms with Crippen LogP contribution in [-0.4, -0.2) is 9.55 Å². The van der Waals surface area contributed by atoms with Crippen molar-refractivity contribution in [3.05, 3.63) is 127 Å². The fourth-order valence-electron chi connectivity index (χ4n) is 6.32. The molecule has 0 spiro atoms. The van der Waals surface area contributed by atoms with Crippen molar-refractivity contribution in [2.45, 2.75) is 0 Å². The molecule has 0 saturated heterocycles. The van der Waals surface area contributed by atoms with E-state index in [-0.39, 0.29) is 0 Å². The average Bonchev–Trinajstić information content (AvgIpc) is 3.65. The minimum absolute atomic E-state index is 0.910. The van der Waals surface area contributed by atoms with E-state index in [4.69, 9.17) is 4.42 Å². The van der Waals surface area contributed by atoms with E-state index in [1.54, 1.807) is 0 Å². The molecule has 3 heterocycles. The van der Waals surface area contributed by atoms with Gasteiger partial charge >= 0.3 is 0 Å². The Morgan fingerprint density at radius 2 is 1.10 bits per heavy atom. The summed E-state index contributed by atoms with van der Waals surface area (Å²) in [7, 11) is 0. The standard InChI is InChI=1S/C36H22N2O/c1-4-10-31-25(7-1)26-16-13-22(19-32(26)37-31)23-14-17-28-27-8-2-5-11-33(27)38(34(28)20-23)24-15-18-36-30(21-24)29-9-3-6-12-35(29)39-36/h1-21,37H. The van der Waals surface area contributed by atoms with E-state index in [0.29, 0.717) is 0 Å². The molecule has 39 heavy (non-hydrogen) atoms. The molecule has 1 N–H and O–H groups in total. The van der Waals surface area contributed by atoms with Crippen LogP contribution in [0.2, 0.25) is 0 Å². The van der Waals surface area contributed by atoms with Crippen molar-refractivity contribution < 1.29 is 4.42 Å². The van der Waals surface area contributed by atoms with Crippen LogP contribution in [0.15, 0.2) is 132 Å². The number of fused-ring (bicyclic) bond motifs is 9. The third kappa shape index (κ3) is 2.93. The molecule has 6 aromatic carbocycles. The van der Waals surface area contributed by atoms with Gasteiger partial charge in [0.25, 0.3) is 0 Å². The summed E-state index contributed by atoms with van der Waals surface area (Å²) in [5.41, 5.74) is 10.1. The zero-order valence-corrected chi connectivity index (χ0v) is 21.0. The Labute approximate surface area is 223 Å². The average molecular weight is 499 g/mol. The normalized spacial score (nSPS) is 12.1. The topological polar surface area (TPSA) is 33.9 Å². The minimum atomic E-state index is 0.910. The Bertz CT molecular complexity index is 2400. The molecule has 3 nitrogen and oxygen atoms in total. The molecule has 0 fully saturated rings. The summed E-state index contributed by atoms with van der Waals surface area (Å²) in [4.78, 5) is 3.60. The van der Waals surface area contributed by atoms with E-state index in [2.05, 4.69) is 125 Å². The van der Waals surface area contributed by atoms with Gasteiger partial charge in [0.2, 0.25) is 0 Å². The largest absolute Gasteiger partial charge is 0.456 e. The summed E-state index contributed by atoms with van der Waals surface area (Å²) in [5.74, 6) is 0. The number of nitrogens with zero attached hydrogens (tertiary/aromatic N) is 1. The molecule has 182 valence electrons. The summed E-state index contributed by atoms with van der Waals surface area (Å²) in [5, 5.41) is 7.29. The highest BCUT2D eigenvalue weighted by Gasteiger charge is 2.15. The summed E-state index contributed by atoms with van der Waals surface area (Å²) >= 11 is 0. The lowest BCUT2D eigenvalue weighted by molar-refractivity contribution is 0.669. The summed E-state index contributed by atoms with van der Waals surface area (Å²) in [6.07, 6.45) is 0. The molecule has 9 aromatic rings. The summed E-state index contributed by atoms with van der Waals surface area (Å²) in [6, 6.07) is 45.5. The molecule has 9 rings (SSSR count). The van der Waals surface area contributed by atoms with E-state index in [0.717, 1.165) is 33.1 Å². The van der Waals surface area contributed by atoms with E-state index >= 15 is 0 Å². The Hall–Kier alpha value is -5.28. The zero-order valence-electron chi connectivity index (χ0n) is 21.0. The van der Waals surface area contributed by atoms with E-state index in [1.165, 1.54) is 49.2 Å². The molecule has 0 amide bonds. The van der Waals surface area contributed by atoms with Crippen molar-refractivity contribution in [3.63, 3.8) is 0 Å².